The number of benzene rings is 1. The fraction of sp³-hybridized carbons (Fsp3) is 0.450. The van der Waals surface area contributed by atoms with Crippen LogP contribution < -0.4 is 0 Å². The van der Waals surface area contributed by atoms with Crippen molar-refractivity contribution >= 4 is 15.7 Å². The highest BCUT2D eigenvalue weighted by Gasteiger charge is 2.40. The van der Waals surface area contributed by atoms with Crippen LogP contribution in [0.3, 0.4) is 0 Å². The van der Waals surface area contributed by atoms with Crippen LogP contribution in [0.2, 0.25) is 0 Å². The molecule has 3 atom stereocenters. The van der Waals surface area contributed by atoms with Gasteiger partial charge in [-0.3, -0.25) is 4.79 Å². The largest absolute Gasteiger partial charge is 0.455 e. The van der Waals surface area contributed by atoms with E-state index in [2.05, 4.69) is 0 Å². The molecule has 1 unspecified atom stereocenters. The minimum Gasteiger partial charge on any atom is -0.455 e. The first-order valence-corrected chi connectivity index (χ1v) is 10.9. The number of fused-ring (bicyclic) bond motifs is 2. The number of carbonyl (C=O) groups is 1. The zero-order valence-electron chi connectivity index (χ0n) is 15.0. The van der Waals surface area contributed by atoms with Gasteiger partial charge in [0.2, 0.25) is 0 Å². The second-order valence-corrected chi connectivity index (χ2v) is 9.48. The Kier molecular flexibility index (Phi) is 4.82. The van der Waals surface area contributed by atoms with Gasteiger partial charge in [-0.25, -0.2) is 8.42 Å². The third kappa shape index (κ3) is 3.66. The van der Waals surface area contributed by atoms with Gasteiger partial charge in [-0.1, -0.05) is 24.6 Å². The molecule has 1 aromatic carbocycles. The van der Waals surface area contributed by atoms with E-state index in [0.717, 1.165) is 19.3 Å². The SMILES string of the molecule is O=C(c1ccc(CS(=O)(=O)c2ccccc2)o1)N1C[C@H]2CCC[C@@H](C1)C2O. The number of aliphatic hydroxyl groups is 1. The molecule has 27 heavy (non-hydrogen) atoms. The summed E-state index contributed by atoms with van der Waals surface area (Å²) in [5.41, 5.74) is 0. The summed E-state index contributed by atoms with van der Waals surface area (Å²) in [5.74, 6) is 0.127. The first kappa shape index (κ1) is 18.3. The molecule has 1 N–H and O–H groups in total. The van der Waals surface area contributed by atoms with E-state index in [1.165, 1.54) is 0 Å². The third-order valence-electron chi connectivity index (χ3n) is 5.62. The van der Waals surface area contributed by atoms with E-state index in [0.29, 0.717) is 13.1 Å². The molecule has 0 radical (unpaired) electrons. The van der Waals surface area contributed by atoms with E-state index in [4.69, 9.17) is 4.42 Å². The van der Waals surface area contributed by atoms with Gasteiger partial charge < -0.3 is 14.4 Å². The summed E-state index contributed by atoms with van der Waals surface area (Å²) in [7, 11) is -3.52. The maximum absolute atomic E-state index is 12.8. The van der Waals surface area contributed by atoms with Crippen molar-refractivity contribution in [3.8, 4) is 0 Å². The zero-order chi connectivity index (χ0) is 19.0. The molecule has 144 valence electrons. The molecule has 2 bridgehead atoms. The van der Waals surface area contributed by atoms with E-state index in [1.54, 1.807) is 47.4 Å². The monoisotopic (exact) mass is 389 g/mol. The number of piperidine rings is 1. The second-order valence-electron chi connectivity index (χ2n) is 7.49. The number of rotatable bonds is 4. The Morgan fingerprint density at radius 1 is 1.07 bits per heavy atom. The Hall–Kier alpha value is -2.12. The molecule has 2 heterocycles. The first-order valence-electron chi connectivity index (χ1n) is 9.28. The van der Waals surface area contributed by atoms with Crippen LogP contribution in [0.1, 0.15) is 35.6 Å². The second kappa shape index (κ2) is 7.13. The predicted molar refractivity (Wildman–Crippen MR) is 98.8 cm³/mol. The number of amides is 1. The van der Waals surface area contributed by atoms with Crippen molar-refractivity contribution in [2.24, 2.45) is 11.8 Å². The minimum absolute atomic E-state index is 0.120. The van der Waals surface area contributed by atoms with E-state index >= 15 is 0 Å². The van der Waals surface area contributed by atoms with Crippen LogP contribution in [0.15, 0.2) is 51.8 Å². The highest BCUT2D eigenvalue weighted by atomic mass is 32.2. The lowest BCUT2D eigenvalue weighted by atomic mass is 9.75. The summed E-state index contributed by atoms with van der Waals surface area (Å²) in [5, 5.41) is 10.3. The zero-order valence-corrected chi connectivity index (χ0v) is 15.8. The van der Waals surface area contributed by atoms with Crippen LogP contribution in [0.4, 0.5) is 0 Å². The molecule has 1 saturated carbocycles. The van der Waals surface area contributed by atoms with Gasteiger partial charge in [0.1, 0.15) is 11.5 Å². The summed E-state index contributed by atoms with van der Waals surface area (Å²) in [4.78, 5) is 14.7. The quantitative estimate of drug-likeness (QED) is 0.868. The van der Waals surface area contributed by atoms with Crippen molar-refractivity contribution in [3.05, 3.63) is 54.0 Å². The number of likely N-dealkylation sites (tertiary alicyclic amines) is 1. The first-order chi connectivity index (χ1) is 12.9. The van der Waals surface area contributed by atoms with Crippen molar-refractivity contribution in [1.82, 2.24) is 4.90 Å². The lowest BCUT2D eigenvalue weighted by molar-refractivity contribution is -0.0420. The third-order valence-corrected chi connectivity index (χ3v) is 7.27. The van der Waals surface area contributed by atoms with Crippen molar-refractivity contribution in [1.29, 1.82) is 0 Å². The molecule has 0 spiro atoms. The summed E-state index contributed by atoms with van der Waals surface area (Å²) < 4.78 is 30.5. The molecule has 4 rings (SSSR count). The molecule has 1 aliphatic heterocycles. The molecule has 7 heteroatoms. The Bertz CT molecular complexity index is 907. The molecule has 2 aliphatic rings. The molecule has 2 aromatic rings. The van der Waals surface area contributed by atoms with Gasteiger partial charge in [0.15, 0.2) is 15.6 Å². The standard InChI is InChI=1S/C20H23NO5S/c22-19-14-5-4-6-15(19)12-21(11-14)20(23)18-10-9-16(26-18)13-27(24,25)17-7-2-1-3-8-17/h1-3,7-10,14-15,19,22H,4-6,11-13H2/t14-,15+,19?. The molecule has 1 aliphatic carbocycles. The number of hydrogen-bond acceptors (Lipinski definition) is 5. The predicted octanol–water partition coefficient (Wildman–Crippen LogP) is 2.49. The van der Waals surface area contributed by atoms with Crippen LogP contribution in [-0.2, 0) is 15.6 Å². The molecule has 1 saturated heterocycles. The molecular formula is C20H23NO5S. The number of hydrogen-bond donors (Lipinski definition) is 1. The lowest BCUT2D eigenvalue weighted by Crippen LogP contribution is -2.53. The lowest BCUT2D eigenvalue weighted by Gasteiger charge is -2.44. The molecule has 2 fully saturated rings. The number of sulfone groups is 1. The van der Waals surface area contributed by atoms with Gasteiger partial charge in [0, 0.05) is 24.9 Å². The van der Waals surface area contributed by atoms with E-state index < -0.39 is 9.84 Å². The number of nitrogens with zero attached hydrogens (tertiary/aromatic N) is 1. The fourth-order valence-corrected chi connectivity index (χ4v) is 5.47. The molecular weight excluding hydrogens is 366 g/mol. The maximum atomic E-state index is 12.8. The summed E-state index contributed by atoms with van der Waals surface area (Å²) in [6, 6.07) is 11.3. The number of furan rings is 1. The number of aliphatic hydroxyl groups excluding tert-OH is 1. The Morgan fingerprint density at radius 3 is 2.41 bits per heavy atom. The van der Waals surface area contributed by atoms with Gasteiger partial charge in [-0.2, -0.15) is 0 Å². The van der Waals surface area contributed by atoms with Crippen LogP contribution in [-0.4, -0.2) is 43.5 Å². The van der Waals surface area contributed by atoms with E-state index in [1.807, 2.05) is 0 Å². The Labute approximate surface area is 158 Å². The summed E-state index contributed by atoms with van der Waals surface area (Å²) >= 11 is 0. The fourth-order valence-electron chi connectivity index (χ4n) is 4.20. The molecule has 6 nitrogen and oxygen atoms in total. The van der Waals surface area contributed by atoms with Crippen molar-refractivity contribution in [2.75, 3.05) is 13.1 Å². The van der Waals surface area contributed by atoms with E-state index in [9.17, 15) is 18.3 Å². The highest BCUT2D eigenvalue weighted by Crippen LogP contribution is 2.35. The molecule has 1 aromatic heterocycles. The molecule has 1 amide bonds. The summed E-state index contributed by atoms with van der Waals surface area (Å²) in [6.45, 7) is 1.05. The minimum atomic E-state index is -3.52. The summed E-state index contributed by atoms with van der Waals surface area (Å²) in [6.07, 6.45) is 2.63. The van der Waals surface area contributed by atoms with Gasteiger partial charge in [-0.05, 0) is 37.1 Å². The van der Waals surface area contributed by atoms with Gasteiger partial charge in [0.25, 0.3) is 5.91 Å². The topological polar surface area (TPSA) is 87.8 Å². The average Bonchev–Trinajstić information content (AvgIpc) is 3.09. The number of carbonyl (C=O) groups excluding carboxylic acids is 1. The van der Waals surface area contributed by atoms with E-state index in [-0.39, 0.29) is 46.0 Å². The van der Waals surface area contributed by atoms with Crippen LogP contribution in [0.25, 0.3) is 0 Å². The van der Waals surface area contributed by atoms with Crippen molar-refractivity contribution in [3.63, 3.8) is 0 Å². The van der Waals surface area contributed by atoms with Crippen molar-refractivity contribution in [2.45, 2.75) is 36.0 Å². The van der Waals surface area contributed by atoms with Crippen LogP contribution in [0, 0.1) is 11.8 Å². The normalized spacial score (nSPS) is 25.4. The van der Waals surface area contributed by atoms with Crippen LogP contribution in [0.5, 0.6) is 0 Å². The Morgan fingerprint density at radius 2 is 1.74 bits per heavy atom. The highest BCUT2D eigenvalue weighted by molar-refractivity contribution is 7.90. The van der Waals surface area contributed by atoms with Gasteiger partial charge >= 0.3 is 0 Å². The average molecular weight is 389 g/mol. The van der Waals surface area contributed by atoms with Crippen LogP contribution >= 0.6 is 0 Å². The van der Waals surface area contributed by atoms with Gasteiger partial charge in [-0.15, -0.1) is 0 Å². The van der Waals surface area contributed by atoms with Crippen molar-refractivity contribution < 1.29 is 22.7 Å². The Balaban J connectivity index is 1.47. The maximum Gasteiger partial charge on any atom is 0.289 e. The van der Waals surface area contributed by atoms with Gasteiger partial charge in [0.05, 0.1) is 11.0 Å². The smallest absolute Gasteiger partial charge is 0.289 e.